The van der Waals surface area contributed by atoms with Crippen molar-refractivity contribution in [1.82, 2.24) is 5.32 Å². The van der Waals surface area contributed by atoms with E-state index in [4.69, 9.17) is 10.5 Å². The second-order valence-corrected chi connectivity index (χ2v) is 6.00. The predicted octanol–water partition coefficient (Wildman–Crippen LogP) is 3.36. The van der Waals surface area contributed by atoms with Crippen LogP contribution >= 0.6 is 0 Å². The van der Waals surface area contributed by atoms with Gasteiger partial charge in [0.1, 0.15) is 11.6 Å². The van der Waals surface area contributed by atoms with Gasteiger partial charge >= 0.3 is 0 Å². The summed E-state index contributed by atoms with van der Waals surface area (Å²) in [6.45, 7) is 4.93. The van der Waals surface area contributed by atoms with Crippen LogP contribution in [0.15, 0.2) is 60.1 Å². The molecular weight excluding hydrogens is 286 g/mol. The fourth-order valence-corrected chi connectivity index (χ4v) is 2.66. The van der Waals surface area contributed by atoms with Gasteiger partial charge in [0.25, 0.3) is 0 Å². The minimum Gasteiger partial charge on any atom is -0.456 e. The van der Waals surface area contributed by atoms with Crippen LogP contribution in [0.3, 0.4) is 0 Å². The lowest BCUT2D eigenvalue weighted by atomic mass is 10.0. The highest BCUT2D eigenvalue weighted by atomic mass is 16.5. The topological polar surface area (TPSA) is 59.3 Å². The van der Waals surface area contributed by atoms with Crippen LogP contribution in [-0.2, 0) is 13.0 Å². The first-order chi connectivity index (χ1) is 11.1. The van der Waals surface area contributed by atoms with Crippen LogP contribution in [0.1, 0.15) is 25.0 Å². The van der Waals surface area contributed by atoms with Crippen LogP contribution in [0.25, 0.3) is 0 Å². The van der Waals surface area contributed by atoms with Gasteiger partial charge in [-0.05, 0) is 43.5 Å². The van der Waals surface area contributed by atoms with Crippen molar-refractivity contribution in [3.05, 3.63) is 71.2 Å². The molecule has 0 radical (unpaired) electrons. The second kappa shape index (κ2) is 6.75. The number of nitrogens with one attached hydrogen (secondary N) is 2. The molecule has 1 atom stereocenters. The Kier molecular flexibility index (Phi) is 4.53. The Balaban J connectivity index is 1.60. The van der Waals surface area contributed by atoms with Crippen LogP contribution < -0.4 is 21.1 Å². The Morgan fingerprint density at radius 3 is 2.70 bits per heavy atom. The van der Waals surface area contributed by atoms with E-state index in [1.807, 2.05) is 19.1 Å². The minimum atomic E-state index is 0.382. The van der Waals surface area contributed by atoms with E-state index < -0.39 is 0 Å². The Bertz CT molecular complexity index is 710. The van der Waals surface area contributed by atoms with Crippen molar-refractivity contribution in [2.24, 2.45) is 5.73 Å². The SMILES string of the molecule is CC1=C(N)Nc2cc(CC(C)NCc3ccccc3)ccc2O1. The van der Waals surface area contributed by atoms with Gasteiger partial charge in [0.05, 0.1) is 5.69 Å². The predicted molar refractivity (Wildman–Crippen MR) is 94.0 cm³/mol. The van der Waals surface area contributed by atoms with Gasteiger partial charge in [-0.15, -0.1) is 0 Å². The van der Waals surface area contributed by atoms with E-state index in [0.29, 0.717) is 17.6 Å². The third kappa shape index (κ3) is 3.85. The monoisotopic (exact) mass is 309 g/mol. The molecule has 0 fully saturated rings. The molecule has 1 unspecified atom stereocenters. The molecule has 0 spiro atoms. The highest BCUT2D eigenvalue weighted by Gasteiger charge is 2.15. The zero-order valence-corrected chi connectivity index (χ0v) is 13.6. The van der Waals surface area contributed by atoms with Crippen molar-refractivity contribution in [1.29, 1.82) is 0 Å². The molecule has 0 aliphatic carbocycles. The molecule has 0 saturated carbocycles. The zero-order valence-electron chi connectivity index (χ0n) is 13.6. The standard InChI is InChI=1S/C19H23N3O/c1-13(21-12-15-6-4-3-5-7-15)10-16-8-9-18-17(11-16)22-19(20)14(2)23-18/h3-9,11,13,21-22H,10,12,20H2,1-2H3. The van der Waals surface area contributed by atoms with Gasteiger partial charge in [0.15, 0.2) is 5.75 Å². The number of hydrogen-bond acceptors (Lipinski definition) is 4. The number of hydrogen-bond donors (Lipinski definition) is 3. The summed E-state index contributed by atoms with van der Waals surface area (Å²) < 4.78 is 5.69. The summed E-state index contributed by atoms with van der Waals surface area (Å²) in [5.74, 6) is 2.11. The van der Waals surface area contributed by atoms with Crippen LogP contribution in [0, 0.1) is 0 Å². The summed E-state index contributed by atoms with van der Waals surface area (Å²) in [7, 11) is 0. The molecule has 0 bridgehead atoms. The molecule has 0 amide bonds. The lowest BCUT2D eigenvalue weighted by Gasteiger charge is -2.22. The average Bonchev–Trinajstić information content (AvgIpc) is 2.55. The molecule has 120 valence electrons. The molecule has 4 nitrogen and oxygen atoms in total. The fourth-order valence-electron chi connectivity index (χ4n) is 2.66. The van der Waals surface area contributed by atoms with Crippen molar-refractivity contribution in [2.75, 3.05) is 5.32 Å². The molecule has 0 aromatic heterocycles. The Labute approximate surface area is 137 Å². The molecule has 4 N–H and O–H groups in total. The van der Waals surface area contributed by atoms with Gasteiger partial charge in [-0.1, -0.05) is 36.4 Å². The Morgan fingerprint density at radius 1 is 1.13 bits per heavy atom. The van der Waals surface area contributed by atoms with E-state index in [1.165, 1.54) is 11.1 Å². The van der Waals surface area contributed by atoms with Crippen molar-refractivity contribution in [3.8, 4) is 5.75 Å². The smallest absolute Gasteiger partial charge is 0.150 e. The molecule has 1 heterocycles. The minimum absolute atomic E-state index is 0.382. The Morgan fingerprint density at radius 2 is 1.91 bits per heavy atom. The summed E-state index contributed by atoms with van der Waals surface area (Å²) >= 11 is 0. The quantitative estimate of drug-likeness (QED) is 0.792. The summed E-state index contributed by atoms with van der Waals surface area (Å²) in [6.07, 6.45) is 0.949. The third-order valence-corrected chi connectivity index (χ3v) is 4.00. The van der Waals surface area contributed by atoms with Gasteiger partial charge in [0.2, 0.25) is 0 Å². The molecule has 0 saturated heterocycles. The zero-order chi connectivity index (χ0) is 16.2. The van der Waals surface area contributed by atoms with E-state index in [2.05, 4.69) is 54.0 Å². The van der Waals surface area contributed by atoms with Crippen LogP contribution in [0.2, 0.25) is 0 Å². The average molecular weight is 309 g/mol. The summed E-state index contributed by atoms with van der Waals surface area (Å²) in [6, 6.07) is 17.0. The molecule has 1 aliphatic heterocycles. The maximum absolute atomic E-state index is 5.89. The maximum Gasteiger partial charge on any atom is 0.150 e. The molecule has 1 aliphatic rings. The number of ether oxygens (including phenoxy) is 1. The third-order valence-electron chi connectivity index (χ3n) is 4.00. The molecular formula is C19H23N3O. The van der Waals surface area contributed by atoms with Gasteiger partial charge < -0.3 is 21.1 Å². The lowest BCUT2D eigenvalue weighted by Crippen LogP contribution is -2.27. The van der Waals surface area contributed by atoms with Crippen molar-refractivity contribution < 1.29 is 4.74 Å². The van der Waals surface area contributed by atoms with Crippen molar-refractivity contribution >= 4 is 5.69 Å². The van der Waals surface area contributed by atoms with E-state index in [9.17, 15) is 0 Å². The first-order valence-electron chi connectivity index (χ1n) is 7.93. The van der Waals surface area contributed by atoms with Crippen LogP contribution in [-0.4, -0.2) is 6.04 Å². The van der Waals surface area contributed by atoms with Crippen LogP contribution in [0.4, 0.5) is 5.69 Å². The van der Waals surface area contributed by atoms with E-state index in [1.54, 1.807) is 0 Å². The van der Waals surface area contributed by atoms with Crippen LogP contribution in [0.5, 0.6) is 5.75 Å². The number of rotatable bonds is 5. The van der Waals surface area contributed by atoms with Crippen molar-refractivity contribution in [2.45, 2.75) is 32.9 Å². The van der Waals surface area contributed by atoms with Gasteiger partial charge in [-0.25, -0.2) is 0 Å². The first kappa shape index (κ1) is 15.4. The molecule has 3 rings (SSSR count). The molecule has 4 heteroatoms. The first-order valence-corrected chi connectivity index (χ1v) is 7.93. The van der Waals surface area contributed by atoms with E-state index in [0.717, 1.165) is 24.4 Å². The number of nitrogens with two attached hydrogens (primary N) is 1. The second-order valence-electron chi connectivity index (χ2n) is 6.00. The highest BCUT2D eigenvalue weighted by molar-refractivity contribution is 5.63. The Hall–Kier alpha value is -2.46. The molecule has 2 aromatic rings. The van der Waals surface area contributed by atoms with Gasteiger partial charge in [-0.2, -0.15) is 0 Å². The van der Waals surface area contributed by atoms with E-state index in [-0.39, 0.29) is 0 Å². The molecule has 23 heavy (non-hydrogen) atoms. The molecule has 2 aromatic carbocycles. The summed E-state index contributed by atoms with van der Waals surface area (Å²) in [5, 5.41) is 6.75. The van der Waals surface area contributed by atoms with Crippen molar-refractivity contribution in [3.63, 3.8) is 0 Å². The van der Waals surface area contributed by atoms with E-state index >= 15 is 0 Å². The number of fused-ring (bicyclic) bond motifs is 1. The largest absolute Gasteiger partial charge is 0.456 e. The maximum atomic E-state index is 5.89. The lowest BCUT2D eigenvalue weighted by molar-refractivity contribution is 0.415. The van der Waals surface area contributed by atoms with Gasteiger partial charge in [-0.3, -0.25) is 0 Å². The summed E-state index contributed by atoms with van der Waals surface area (Å²) in [5.41, 5.74) is 9.37. The number of allylic oxidation sites excluding steroid dienone is 1. The number of benzene rings is 2. The highest BCUT2D eigenvalue weighted by Crippen LogP contribution is 2.32. The van der Waals surface area contributed by atoms with Gasteiger partial charge in [0, 0.05) is 12.6 Å². The summed E-state index contributed by atoms with van der Waals surface area (Å²) in [4.78, 5) is 0. The normalized spacial score (nSPS) is 14.7. The fraction of sp³-hybridized carbons (Fsp3) is 0.263. The number of anilines is 1.